The number of hydrogen-bond acceptors (Lipinski definition) is 11. The molecule has 0 saturated heterocycles. The van der Waals surface area contributed by atoms with Crippen LogP contribution in [0.5, 0.6) is 0 Å². The normalized spacial score (nSPS) is 18.9. The molecule has 3 heterocycles. The first-order valence-corrected chi connectivity index (χ1v) is 16.1. The van der Waals surface area contributed by atoms with Crippen molar-refractivity contribution in [3.8, 4) is 16.8 Å². The van der Waals surface area contributed by atoms with Crippen molar-refractivity contribution in [2.45, 2.75) is 42.1 Å². The molecule has 1 fully saturated rings. The number of nitrogen functional groups attached to an aromatic ring is 1. The van der Waals surface area contributed by atoms with E-state index in [1.54, 1.807) is 24.2 Å². The summed E-state index contributed by atoms with van der Waals surface area (Å²) in [4.78, 5) is 23.4. The number of benzene rings is 1. The summed E-state index contributed by atoms with van der Waals surface area (Å²) in [5, 5.41) is 8.87. The zero-order valence-corrected chi connectivity index (χ0v) is 25.7. The van der Waals surface area contributed by atoms with Gasteiger partial charge < -0.3 is 19.9 Å². The molecular weight excluding hydrogens is 590 g/mol. The monoisotopic (exact) mass is 627 g/mol. The Balaban J connectivity index is 1.48. The molecule has 0 atom stereocenters. The summed E-state index contributed by atoms with van der Waals surface area (Å²) in [5.41, 5.74) is 10.8. The van der Waals surface area contributed by atoms with Gasteiger partial charge in [0, 0.05) is 43.7 Å². The van der Waals surface area contributed by atoms with Crippen LogP contribution >= 0.6 is 0 Å². The first kappa shape index (κ1) is 31.5. The number of nitrogens with one attached hydrogen (secondary N) is 1. The maximum atomic E-state index is 13.3. The maximum absolute atomic E-state index is 13.3. The minimum absolute atomic E-state index is 0.0216. The highest BCUT2D eigenvalue weighted by atomic mass is 32.2. The summed E-state index contributed by atoms with van der Waals surface area (Å²) in [6.07, 6.45) is 7.69. The van der Waals surface area contributed by atoms with Gasteiger partial charge in [-0.05, 0) is 37.8 Å². The van der Waals surface area contributed by atoms with Crippen LogP contribution in [0.15, 0.2) is 53.8 Å². The Morgan fingerprint density at radius 2 is 1.75 bits per heavy atom. The molecule has 15 heteroatoms. The number of carbonyl (C=O) groups is 1. The van der Waals surface area contributed by atoms with Crippen molar-refractivity contribution in [2.24, 2.45) is 0 Å². The quantitative estimate of drug-likeness (QED) is 0.164. The topological polar surface area (TPSA) is 174 Å². The standard InChI is InChI=1S/C29H37N7O7S/c1-40-13-15-42-29(28(37)34-43-16-14-41-2)11-9-20(10-12-29)24-25(44(3,38)39)26(30)36-27(33-24)23(18-32-36)21-17-31-35(19-21)22-7-5-4-6-8-22/h4-8,17-20H,9-16,30H2,1-3H3,(H,34,37)/t20-,29+. The highest BCUT2D eigenvalue weighted by Gasteiger charge is 2.45. The number of fused-ring (bicyclic) bond motifs is 1. The van der Waals surface area contributed by atoms with Gasteiger partial charge in [-0.2, -0.15) is 14.7 Å². The molecule has 4 aromatic rings. The Bertz CT molecular complexity index is 1700. The lowest BCUT2D eigenvalue weighted by Crippen LogP contribution is -2.51. The number of sulfone groups is 1. The van der Waals surface area contributed by atoms with Crippen LogP contribution in [0.2, 0.25) is 0 Å². The Morgan fingerprint density at radius 1 is 1.05 bits per heavy atom. The third kappa shape index (κ3) is 6.46. The number of nitrogens with two attached hydrogens (primary N) is 1. The molecule has 0 unspecified atom stereocenters. The Morgan fingerprint density at radius 3 is 2.43 bits per heavy atom. The smallest absolute Gasteiger partial charge is 0.275 e. The van der Waals surface area contributed by atoms with E-state index in [1.807, 2.05) is 36.5 Å². The molecule has 1 aliphatic carbocycles. The van der Waals surface area contributed by atoms with Gasteiger partial charge in [-0.15, -0.1) is 0 Å². The van der Waals surface area contributed by atoms with Gasteiger partial charge in [0.15, 0.2) is 15.5 Å². The molecule has 0 aliphatic heterocycles. The number of amides is 1. The summed E-state index contributed by atoms with van der Waals surface area (Å²) in [5.74, 6) is -0.752. The number of carbonyl (C=O) groups excluding carboxylic acids is 1. The van der Waals surface area contributed by atoms with E-state index in [0.717, 1.165) is 17.5 Å². The van der Waals surface area contributed by atoms with Crippen LogP contribution in [0.25, 0.3) is 22.5 Å². The first-order valence-electron chi connectivity index (χ1n) is 14.2. The highest BCUT2D eigenvalue weighted by molar-refractivity contribution is 7.91. The number of ether oxygens (including phenoxy) is 3. The van der Waals surface area contributed by atoms with Crippen LogP contribution < -0.4 is 11.2 Å². The second-order valence-corrected chi connectivity index (χ2v) is 12.6. The van der Waals surface area contributed by atoms with E-state index in [9.17, 15) is 13.2 Å². The third-order valence-corrected chi connectivity index (χ3v) is 8.92. The molecule has 14 nitrogen and oxygen atoms in total. The molecule has 1 amide bonds. The predicted octanol–water partition coefficient (Wildman–Crippen LogP) is 2.32. The van der Waals surface area contributed by atoms with Gasteiger partial charge in [0.05, 0.1) is 50.2 Å². The van der Waals surface area contributed by atoms with E-state index < -0.39 is 21.3 Å². The molecule has 44 heavy (non-hydrogen) atoms. The molecule has 0 radical (unpaired) electrons. The van der Waals surface area contributed by atoms with Crippen molar-refractivity contribution in [2.75, 3.05) is 52.6 Å². The summed E-state index contributed by atoms with van der Waals surface area (Å²) in [6, 6.07) is 9.65. The van der Waals surface area contributed by atoms with E-state index in [1.165, 1.54) is 11.6 Å². The number of nitrogens with zero attached hydrogens (tertiary/aromatic N) is 5. The van der Waals surface area contributed by atoms with Crippen molar-refractivity contribution >= 4 is 27.2 Å². The Hall–Kier alpha value is -3.89. The number of aromatic nitrogens is 5. The number of para-hydroxylation sites is 1. The van der Waals surface area contributed by atoms with Crippen molar-refractivity contribution in [3.63, 3.8) is 0 Å². The molecule has 236 valence electrons. The van der Waals surface area contributed by atoms with Crippen LogP contribution in [0, 0.1) is 0 Å². The van der Waals surface area contributed by atoms with Crippen LogP contribution in [0.1, 0.15) is 37.3 Å². The van der Waals surface area contributed by atoms with Crippen LogP contribution in [-0.2, 0) is 33.7 Å². The Kier molecular flexibility index (Phi) is 9.60. The van der Waals surface area contributed by atoms with Gasteiger partial charge in [0.2, 0.25) is 0 Å². The lowest BCUT2D eigenvalue weighted by Gasteiger charge is -2.38. The van der Waals surface area contributed by atoms with Gasteiger partial charge in [-0.1, -0.05) is 18.2 Å². The second kappa shape index (κ2) is 13.4. The fourth-order valence-electron chi connectivity index (χ4n) is 5.51. The van der Waals surface area contributed by atoms with E-state index in [-0.39, 0.29) is 29.8 Å². The molecule has 5 rings (SSSR count). The highest BCUT2D eigenvalue weighted by Crippen LogP contribution is 2.43. The largest absolute Gasteiger partial charge is 0.382 e. The van der Waals surface area contributed by atoms with Crippen molar-refractivity contribution < 1.29 is 32.3 Å². The number of rotatable bonds is 13. The average Bonchev–Trinajstić information content (AvgIpc) is 3.67. The van der Waals surface area contributed by atoms with Gasteiger partial charge in [-0.25, -0.2) is 23.6 Å². The minimum atomic E-state index is -3.80. The fraction of sp³-hybridized carbons (Fsp3) is 0.448. The molecular formula is C29H37N7O7S. The third-order valence-electron chi connectivity index (χ3n) is 7.76. The molecule has 0 spiro atoms. The lowest BCUT2D eigenvalue weighted by molar-refractivity contribution is -0.168. The molecule has 0 bridgehead atoms. The molecule has 1 aromatic carbocycles. The Labute approximate surface area is 255 Å². The first-order chi connectivity index (χ1) is 21.2. The zero-order chi connectivity index (χ0) is 31.3. The average molecular weight is 628 g/mol. The van der Waals surface area contributed by atoms with Gasteiger partial charge in [0.1, 0.15) is 16.3 Å². The van der Waals surface area contributed by atoms with Crippen molar-refractivity contribution in [3.05, 3.63) is 54.6 Å². The number of anilines is 1. The SMILES string of the molecule is COCCONC(=O)[C@]1(OCCOC)CC[C@@H](c2nc3c(-c4cnn(-c5ccccc5)c4)cnn3c(N)c2S(C)(=O)=O)CC1. The number of methoxy groups -OCH3 is 2. The van der Waals surface area contributed by atoms with Gasteiger partial charge in [-0.3, -0.25) is 9.63 Å². The van der Waals surface area contributed by atoms with Crippen LogP contribution in [-0.4, -0.2) is 91.2 Å². The number of hydroxylamine groups is 1. The number of hydrogen-bond donors (Lipinski definition) is 2. The fourth-order valence-corrected chi connectivity index (χ4v) is 6.57. The molecule has 3 aromatic heterocycles. The predicted molar refractivity (Wildman–Crippen MR) is 161 cm³/mol. The van der Waals surface area contributed by atoms with Crippen molar-refractivity contribution in [1.29, 1.82) is 0 Å². The minimum Gasteiger partial charge on any atom is -0.382 e. The van der Waals surface area contributed by atoms with Gasteiger partial charge in [0.25, 0.3) is 5.91 Å². The lowest BCUT2D eigenvalue weighted by atomic mass is 9.76. The zero-order valence-electron chi connectivity index (χ0n) is 24.9. The second-order valence-electron chi connectivity index (χ2n) is 10.7. The summed E-state index contributed by atoms with van der Waals surface area (Å²) < 4.78 is 45.4. The van der Waals surface area contributed by atoms with E-state index in [2.05, 4.69) is 15.7 Å². The van der Waals surface area contributed by atoms with E-state index in [4.69, 9.17) is 29.8 Å². The molecule has 3 N–H and O–H groups in total. The van der Waals surface area contributed by atoms with E-state index >= 15 is 0 Å². The van der Waals surface area contributed by atoms with Crippen LogP contribution in [0.3, 0.4) is 0 Å². The molecule has 1 aliphatic rings. The van der Waals surface area contributed by atoms with Crippen molar-refractivity contribution in [1.82, 2.24) is 29.9 Å². The summed E-state index contributed by atoms with van der Waals surface area (Å²) in [7, 11) is -0.706. The van der Waals surface area contributed by atoms with Gasteiger partial charge >= 0.3 is 0 Å². The molecule has 1 saturated carbocycles. The van der Waals surface area contributed by atoms with E-state index in [0.29, 0.717) is 55.8 Å². The summed E-state index contributed by atoms with van der Waals surface area (Å²) in [6.45, 7) is 1.00. The maximum Gasteiger partial charge on any atom is 0.275 e. The van der Waals surface area contributed by atoms with Crippen LogP contribution in [0.4, 0.5) is 5.82 Å². The summed E-state index contributed by atoms with van der Waals surface area (Å²) >= 11 is 0.